The van der Waals surface area contributed by atoms with Gasteiger partial charge in [-0.3, -0.25) is 4.90 Å². The molecule has 0 radical (unpaired) electrons. The molecule has 4 heteroatoms. The van der Waals surface area contributed by atoms with Gasteiger partial charge in [0, 0.05) is 32.2 Å². The van der Waals surface area contributed by atoms with Crippen LogP contribution in [0, 0.1) is 5.92 Å². The van der Waals surface area contributed by atoms with Gasteiger partial charge in [-0.25, -0.2) is 0 Å². The van der Waals surface area contributed by atoms with Gasteiger partial charge in [0.15, 0.2) is 0 Å². The second-order valence-electron chi connectivity index (χ2n) is 5.15. The molecule has 2 N–H and O–H groups in total. The van der Waals surface area contributed by atoms with Crippen molar-refractivity contribution in [1.82, 2.24) is 15.1 Å². The van der Waals surface area contributed by atoms with Gasteiger partial charge in [-0.2, -0.15) is 0 Å². The van der Waals surface area contributed by atoms with Crippen LogP contribution in [0.25, 0.3) is 0 Å². The van der Waals surface area contributed by atoms with Gasteiger partial charge in [-0.05, 0) is 33.0 Å². The quantitative estimate of drug-likeness (QED) is 0.644. The van der Waals surface area contributed by atoms with E-state index >= 15 is 0 Å². The van der Waals surface area contributed by atoms with E-state index in [4.69, 9.17) is 0 Å². The first-order chi connectivity index (χ1) is 7.16. The second-order valence-corrected chi connectivity index (χ2v) is 5.15. The standard InChI is InChI=1S/C11H23N3O/c1-13-4-3-9(7-13)8-14(2)10-5-12-6-11(10)15/h9-12,15H,3-8H2,1-2H3. The molecule has 0 aromatic carbocycles. The van der Waals surface area contributed by atoms with Crippen LogP contribution in [-0.4, -0.2) is 73.9 Å². The van der Waals surface area contributed by atoms with E-state index in [9.17, 15) is 5.11 Å². The van der Waals surface area contributed by atoms with E-state index in [2.05, 4.69) is 29.2 Å². The van der Waals surface area contributed by atoms with Gasteiger partial charge in [-0.15, -0.1) is 0 Å². The third-order valence-corrected chi connectivity index (χ3v) is 3.75. The Morgan fingerprint density at radius 1 is 1.47 bits per heavy atom. The fourth-order valence-corrected chi connectivity index (χ4v) is 2.82. The molecule has 3 atom stereocenters. The van der Waals surface area contributed by atoms with Crippen LogP contribution < -0.4 is 5.32 Å². The van der Waals surface area contributed by atoms with Crippen LogP contribution in [0.1, 0.15) is 6.42 Å². The number of hydrogen-bond acceptors (Lipinski definition) is 4. The van der Waals surface area contributed by atoms with E-state index < -0.39 is 0 Å². The molecule has 4 nitrogen and oxygen atoms in total. The van der Waals surface area contributed by atoms with Crippen LogP contribution in [-0.2, 0) is 0 Å². The van der Waals surface area contributed by atoms with Crippen LogP contribution in [0.2, 0.25) is 0 Å². The van der Waals surface area contributed by atoms with Gasteiger partial charge in [0.2, 0.25) is 0 Å². The molecule has 0 aromatic rings. The summed E-state index contributed by atoms with van der Waals surface area (Å²) < 4.78 is 0. The second kappa shape index (κ2) is 4.78. The number of aliphatic hydroxyl groups is 1. The van der Waals surface area contributed by atoms with Crippen LogP contribution in [0.3, 0.4) is 0 Å². The molecule has 2 heterocycles. The average Bonchev–Trinajstić information content (AvgIpc) is 2.75. The summed E-state index contributed by atoms with van der Waals surface area (Å²) in [6, 6.07) is 0.316. The Bertz CT molecular complexity index is 212. The molecule has 0 aromatic heterocycles. The van der Waals surface area contributed by atoms with Crippen molar-refractivity contribution >= 4 is 0 Å². The number of aliphatic hydroxyl groups excluding tert-OH is 1. The maximum atomic E-state index is 9.77. The first kappa shape index (κ1) is 11.3. The molecular formula is C11H23N3O. The Labute approximate surface area is 92.2 Å². The summed E-state index contributed by atoms with van der Waals surface area (Å²) in [4.78, 5) is 4.72. The molecule has 2 fully saturated rings. The van der Waals surface area contributed by atoms with Gasteiger partial charge in [0.05, 0.1) is 6.10 Å². The van der Waals surface area contributed by atoms with Crippen molar-refractivity contribution < 1.29 is 5.11 Å². The molecule has 0 aliphatic carbocycles. The minimum Gasteiger partial charge on any atom is -0.390 e. The zero-order valence-corrected chi connectivity index (χ0v) is 9.82. The van der Waals surface area contributed by atoms with Crippen molar-refractivity contribution in [3.8, 4) is 0 Å². The Hall–Kier alpha value is -0.160. The van der Waals surface area contributed by atoms with Crippen LogP contribution in [0.15, 0.2) is 0 Å². The fourth-order valence-electron chi connectivity index (χ4n) is 2.82. The molecule has 0 bridgehead atoms. The minimum atomic E-state index is -0.186. The summed E-state index contributed by atoms with van der Waals surface area (Å²) in [7, 11) is 4.32. The lowest BCUT2D eigenvalue weighted by Gasteiger charge is -2.28. The molecule has 0 spiro atoms. The number of nitrogens with one attached hydrogen (secondary N) is 1. The molecule has 0 amide bonds. The first-order valence-corrected chi connectivity index (χ1v) is 5.94. The normalized spacial score (nSPS) is 38.0. The lowest BCUT2D eigenvalue weighted by atomic mass is 10.1. The molecular weight excluding hydrogens is 190 g/mol. The molecule has 2 aliphatic heterocycles. The largest absolute Gasteiger partial charge is 0.390 e. The van der Waals surface area contributed by atoms with Crippen LogP contribution in [0.5, 0.6) is 0 Å². The monoisotopic (exact) mass is 213 g/mol. The van der Waals surface area contributed by atoms with E-state index in [1.165, 1.54) is 19.5 Å². The smallest absolute Gasteiger partial charge is 0.0831 e. The molecule has 2 aliphatic rings. The van der Waals surface area contributed by atoms with Crippen LogP contribution in [0.4, 0.5) is 0 Å². The van der Waals surface area contributed by atoms with Crippen molar-refractivity contribution in [2.24, 2.45) is 5.92 Å². The number of likely N-dealkylation sites (N-methyl/N-ethyl adjacent to an activating group) is 1. The Kier molecular flexibility index (Phi) is 3.61. The van der Waals surface area contributed by atoms with E-state index in [-0.39, 0.29) is 6.10 Å². The maximum Gasteiger partial charge on any atom is 0.0831 e. The topological polar surface area (TPSA) is 38.7 Å². The SMILES string of the molecule is CN1CCC(CN(C)C2CNCC2O)C1. The van der Waals surface area contributed by atoms with Crippen molar-refractivity contribution in [3.63, 3.8) is 0 Å². The highest BCUT2D eigenvalue weighted by atomic mass is 16.3. The Morgan fingerprint density at radius 3 is 2.80 bits per heavy atom. The molecule has 2 rings (SSSR count). The van der Waals surface area contributed by atoms with Gasteiger partial charge >= 0.3 is 0 Å². The lowest BCUT2D eigenvalue weighted by molar-refractivity contribution is 0.0904. The minimum absolute atomic E-state index is 0.186. The number of likely N-dealkylation sites (tertiary alicyclic amines) is 1. The highest BCUT2D eigenvalue weighted by Crippen LogP contribution is 2.17. The third kappa shape index (κ3) is 2.69. The zero-order valence-electron chi connectivity index (χ0n) is 9.82. The fraction of sp³-hybridized carbons (Fsp3) is 1.00. The number of hydrogen-bond donors (Lipinski definition) is 2. The summed E-state index contributed by atoms with van der Waals surface area (Å²) in [6.45, 7) is 5.23. The summed E-state index contributed by atoms with van der Waals surface area (Å²) in [5.41, 5.74) is 0. The van der Waals surface area contributed by atoms with Gasteiger partial charge in [0.1, 0.15) is 0 Å². The molecule has 0 saturated carbocycles. The first-order valence-electron chi connectivity index (χ1n) is 5.94. The summed E-state index contributed by atoms with van der Waals surface area (Å²) >= 11 is 0. The van der Waals surface area contributed by atoms with Gasteiger partial charge in [-0.1, -0.05) is 0 Å². The van der Waals surface area contributed by atoms with Crippen LogP contribution >= 0.6 is 0 Å². The number of β-amino-alcohol motifs (C(OH)–C–C–N with tert-alkyl or cyclic N) is 1. The number of nitrogens with zero attached hydrogens (tertiary/aromatic N) is 2. The van der Waals surface area contributed by atoms with E-state index in [0.29, 0.717) is 6.04 Å². The van der Waals surface area contributed by atoms with Gasteiger partial charge < -0.3 is 15.3 Å². The third-order valence-electron chi connectivity index (χ3n) is 3.75. The van der Waals surface area contributed by atoms with Crippen molar-refractivity contribution in [3.05, 3.63) is 0 Å². The van der Waals surface area contributed by atoms with Crippen molar-refractivity contribution in [1.29, 1.82) is 0 Å². The van der Waals surface area contributed by atoms with E-state index in [1.807, 2.05) is 0 Å². The van der Waals surface area contributed by atoms with Gasteiger partial charge in [0.25, 0.3) is 0 Å². The molecule has 15 heavy (non-hydrogen) atoms. The highest BCUT2D eigenvalue weighted by Gasteiger charge is 2.30. The average molecular weight is 213 g/mol. The predicted octanol–water partition coefficient (Wildman–Crippen LogP) is -0.797. The zero-order chi connectivity index (χ0) is 10.8. The molecule has 3 unspecified atom stereocenters. The summed E-state index contributed by atoms with van der Waals surface area (Å²) in [5, 5.41) is 13.0. The maximum absolute atomic E-state index is 9.77. The summed E-state index contributed by atoms with van der Waals surface area (Å²) in [6.07, 6.45) is 1.12. The van der Waals surface area contributed by atoms with Crippen molar-refractivity contribution in [2.75, 3.05) is 46.8 Å². The number of rotatable bonds is 3. The van der Waals surface area contributed by atoms with E-state index in [1.54, 1.807) is 0 Å². The van der Waals surface area contributed by atoms with Crippen molar-refractivity contribution in [2.45, 2.75) is 18.6 Å². The molecule has 2 saturated heterocycles. The van der Waals surface area contributed by atoms with E-state index in [0.717, 1.165) is 25.6 Å². The Morgan fingerprint density at radius 2 is 2.27 bits per heavy atom. The highest BCUT2D eigenvalue weighted by molar-refractivity contribution is 4.88. The summed E-state index contributed by atoms with van der Waals surface area (Å²) in [5.74, 6) is 0.785. The Balaban J connectivity index is 1.78. The molecule has 88 valence electrons. The predicted molar refractivity (Wildman–Crippen MR) is 60.9 cm³/mol. The lowest BCUT2D eigenvalue weighted by Crippen LogP contribution is -2.43.